The monoisotopic (exact) mass is 700 g/mol. The number of hydrogen-bond acceptors (Lipinski definition) is 13. The van der Waals surface area contributed by atoms with Crippen LogP contribution in [0.1, 0.15) is 42.9 Å². The highest BCUT2D eigenvalue weighted by atomic mass is 16.7. The maximum Gasteiger partial charge on any atom is 0.280 e. The molecule has 0 fully saturated rings. The van der Waals surface area contributed by atoms with E-state index in [9.17, 15) is 19.5 Å². The summed E-state index contributed by atoms with van der Waals surface area (Å²) < 4.78 is 23.7. The van der Waals surface area contributed by atoms with Gasteiger partial charge in [-0.25, -0.2) is 15.2 Å². The summed E-state index contributed by atoms with van der Waals surface area (Å²) in [6, 6.07) is 16.0. The third-order valence-corrected chi connectivity index (χ3v) is 7.36. The molecule has 0 aliphatic carbocycles. The van der Waals surface area contributed by atoms with Crippen LogP contribution in [0.15, 0.2) is 60.7 Å². The van der Waals surface area contributed by atoms with Crippen molar-refractivity contribution < 1.29 is 57.8 Å². The Bertz CT molecular complexity index is 1590. The molecule has 0 bridgehead atoms. The number of carbonyl (C=O) groups is 3. The molecule has 1 atom stereocenters. The number of ether oxygens (including phenoxy) is 4. The van der Waals surface area contributed by atoms with Gasteiger partial charge in [0.15, 0.2) is 17.7 Å². The normalized spacial score (nSPS) is 11.5. The first-order chi connectivity index (χ1) is 24.0. The van der Waals surface area contributed by atoms with Gasteiger partial charge in [0.25, 0.3) is 17.7 Å². The number of amides is 3. The van der Waals surface area contributed by atoms with Crippen LogP contribution in [-0.2, 0) is 19.4 Å². The lowest BCUT2D eigenvalue weighted by Gasteiger charge is -2.24. The van der Waals surface area contributed by atoms with Crippen LogP contribution in [0.2, 0.25) is 0 Å². The van der Waals surface area contributed by atoms with Gasteiger partial charge in [-0.3, -0.25) is 33.7 Å². The fourth-order valence-corrected chi connectivity index (χ4v) is 4.33. The smallest absolute Gasteiger partial charge is 0.280 e. The Labute approximate surface area is 290 Å². The summed E-state index contributed by atoms with van der Waals surface area (Å²) >= 11 is 0. The third kappa shape index (κ3) is 10.3. The van der Waals surface area contributed by atoms with Crippen molar-refractivity contribution in [2.45, 2.75) is 6.23 Å². The zero-order valence-electron chi connectivity index (χ0n) is 29.4. The van der Waals surface area contributed by atoms with Gasteiger partial charge in [0.2, 0.25) is 0 Å². The molecular weight excluding hydrogens is 656 g/mol. The summed E-state index contributed by atoms with van der Waals surface area (Å²) in [4.78, 5) is 58.3. The number of aliphatic hydroxyl groups excluding tert-OH is 1. The number of hydrogen-bond donors (Lipinski definition) is 1. The van der Waals surface area contributed by atoms with Gasteiger partial charge >= 0.3 is 0 Å². The van der Waals surface area contributed by atoms with E-state index in [0.29, 0.717) is 17.1 Å². The molecule has 50 heavy (non-hydrogen) atoms. The van der Waals surface area contributed by atoms with Gasteiger partial charge in [-0.05, 0) is 42.5 Å². The summed E-state index contributed by atoms with van der Waals surface area (Å²) in [5, 5.41) is 15.1. The molecule has 3 aromatic rings. The number of nitrogens with zero attached hydrogens (tertiary/aromatic N) is 4. The predicted octanol–water partition coefficient (Wildman–Crippen LogP) is 2.99. The first kappa shape index (κ1) is 39.5. The molecule has 1 N–H and O–H groups in total. The van der Waals surface area contributed by atoms with E-state index in [0.717, 1.165) is 15.2 Å². The second-order valence-corrected chi connectivity index (χ2v) is 10.4. The van der Waals surface area contributed by atoms with Crippen molar-refractivity contribution in [3.05, 3.63) is 82.9 Å². The van der Waals surface area contributed by atoms with Gasteiger partial charge in [-0.2, -0.15) is 5.06 Å². The molecule has 1 unspecified atom stereocenters. The molecule has 16 nitrogen and oxygen atoms in total. The number of carbonyl (C=O) groups excluding carboxylic acids is 3. The van der Waals surface area contributed by atoms with Crippen molar-refractivity contribution >= 4 is 17.7 Å². The Kier molecular flexibility index (Phi) is 15.2. The lowest BCUT2D eigenvalue weighted by Crippen LogP contribution is -2.27. The van der Waals surface area contributed by atoms with Gasteiger partial charge in [-0.15, -0.1) is 0 Å². The number of benzene rings is 3. The first-order valence-corrected chi connectivity index (χ1v) is 15.3. The molecule has 0 heterocycles. The van der Waals surface area contributed by atoms with Crippen molar-refractivity contribution in [1.29, 1.82) is 0 Å². The molecular formula is C34H44N4O12. The van der Waals surface area contributed by atoms with Crippen molar-refractivity contribution in [1.82, 2.24) is 20.3 Å². The molecule has 0 radical (unpaired) electrons. The molecule has 272 valence electrons. The Morgan fingerprint density at radius 3 is 1.46 bits per heavy atom. The van der Waals surface area contributed by atoms with Crippen molar-refractivity contribution in [2.24, 2.45) is 0 Å². The second kappa shape index (κ2) is 19.3. The van der Waals surface area contributed by atoms with Gasteiger partial charge in [0.1, 0.15) is 37.9 Å². The molecule has 3 aromatic carbocycles. The van der Waals surface area contributed by atoms with Gasteiger partial charge in [0, 0.05) is 44.9 Å². The average molecular weight is 701 g/mol. The Morgan fingerprint density at radius 1 is 0.560 bits per heavy atom. The molecule has 0 aliphatic heterocycles. The first-order valence-electron chi connectivity index (χ1n) is 15.3. The van der Waals surface area contributed by atoms with Crippen LogP contribution < -0.4 is 18.9 Å². The maximum absolute atomic E-state index is 12.9. The number of para-hydroxylation sites is 2. The molecule has 3 rings (SSSR count). The molecule has 0 spiro atoms. The maximum atomic E-state index is 12.9. The standard InChI is InChI=1S/C34H44N4O12/c1-35(43-5)31(39)23-13-15-25(33(41)37(3)45-7)29(21-23)49-19-17-47-27-11-9-10-12-28(27)48-18-20-50-30-22-24(32(40)36(2)44-6)14-16-26(30)34(42)38(4)46-8/h9-16,21-22,33,41H,17-20H2,1-8H3. The third-order valence-electron chi connectivity index (χ3n) is 7.36. The topological polar surface area (TPSA) is 158 Å². The molecule has 0 saturated carbocycles. The van der Waals surface area contributed by atoms with Crippen LogP contribution in [0, 0.1) is 0 Å². The van der Waals surface area contributed by atoms with Gasteiger partial charge in [0.05, 0.1) is 34.0 Å². The van der Waals surface area contributed by atoms with Gasteiger partial charge in [-0.1, -0.05) is 18.2 Å². The fraction of sp³-hybridized carbons (Fsp3) is 0.382. The minimum absolute atomic E-state index is 0.0144. The molecule has 3 amide bonds. The van der Waals surface area contributed by atoms with Crippen LogP contribution >= 0.6 is 0 Å². The van der Waals surface area contributed by atoms with E-state index in [1.54, 1.807) is 43.4 Å². The highest BCUT2D eigenvalue weighted by Gasteiger charge is 2.23. The predicted molar refractivity (Wildman–Crippen MR) is 178 cm³/mol. The fourth-order valence-electron chi connectivity index (χ4n) is 4.33. The van der Waals surface area contributed by atoms with E-state index in [-0.39, 0.29) is 54.6 Å². The summed E-state index contributed by atoms with van der Waals surface area (Å²) in [6.07, 6.45) is -1.18. The lowest BCUT2D eigenvalue weighted by molar-refractivity contribution is -0.206. The summed E-state index contributed by atoms with van der Waals surface area (Å²) in [7, 11) is 11.5. The largest absolute Gasteiger partial charge is 0.490 e. The van der Waals surface area contributed by atoms with E-state index in [4.69, 9.17) is 38.3 Å². The average Bonchev–Trinajstić information content (AvgIpc) is 3.15. The second-order valence-electron chi connectivity index (χ2n) is 10.4. The Hall–Kier alpha value is -4.97. The number of aliphatic hydroxyl groups is 1. The zero-order chi connectivity index (χ0) is 36.8. The van der Waals surface area contributed by atoms with Crippen LogP contribution in [-0.4, -0.2) is 126 Å². The molecule has 0 aliphatic rings. The van der Waals surface area contributed by atoms with Crippen LogP contribution in [0.25, 0.3) is 0 Å². The van der Waals surface area contributed by atoms with Crippen LogP contribution in [0.3, 0.4) is 0 Å². The zero-order valence-corrected chi connectivity index (χ0v) is 29.4. The van der Waals surface area contributed by atoms with E-state index in [1.807, 2.05) is 0 Å². The van der Waals surface area contributed by atoms with Crippen LogP contribution in [0.5, 0.6) is 23.0 Å². The van der Waals surface area contributed by atoms with Crippen molar-refractivity contribution in [2.75, 3.05) is 83.1 Å². The van der Waals surface area contributed by atoms with Crippen molar-refractivity contribution in [3.63, 3.8) is 0 Å². The quantitative estimate of drug-likeness (QED) is 0.111. The molecule has 16 heteroatoms. The number of hydroxylamine groups is 8. The van der Waals surface area contributed by atoms with E-state index in [1.165, 1.54) is 78.9 Å². The van der Waals surface area contributed by atoms with E-state index in [2.05, 4.69) is 0 Å². The highest BCUT2D eigenvalue weighted by molar-refractivity contribution is 5.99. The Morgan fingerprint density at radius 2 is 0.980 bits per heavy atom. The van der Waals surface area contributed by atoms with Crippen LogP contribution in [0.4, 0.5) is 0 Å². The van der Waals surface area contributed by atoms with Gasteiger partial charge < -0.3 is 24.1 Å². The van der Waals surface area contributed by atoms with Crippen molar-refractivity contribution in [3.8, 4) is 23.0 Å². The lowest BCUT2D eigenvalue weighted by atomic mass is 10.1. The minimum Gasteiger partial charge on any atom is -0.490 e. The van der Waals surface area contributed by atoms with E-state index < -0.39 is 23.9 Å². The highest BCUT2D eigenvalue weighted by Crippen LogP contribution is 2.30. The number of rotatable bonds is 19. The summed E-state index contributed by atoms with van der Waals surface area (Å²) in [5.41, 5.74) is 1.08. The minimum atomic E-state index is -1.18. The molecule has 0 aromatic heterocycles. The Balaban J connectivity index is 1.67. The summed E-state index contributed by atoms with van der Waals surface area (Å²) in [6.45, 7) is 0.204. The molecule has 0 saturated heterocycles. The SMILES string of the molecule is CON(C)C(=O)c1ccc(C(=O)N(C)OC)c(OCCOc2ccccc2OCCOc2cc(C(=O)N(C)OC)ccc2C(O)N(C)OC)c1. The van der Waals surface area contributed by atoms with E-state index >= 15 is 0 Å². The summed E-state index contributed by atoms with van der Waals surface area (Å²) in [5.74, 6) is -0.0701.